The highest BCUT2D eigenvalue weighted by Crippen LogP contribution is 2.32. The Balaban J connectivity index is 1.52. The fraction of sp³-hybridized carbons (Fsp3) is 0.318. The summed E-state index contributed by atoms with van der Waals surface area (Å²) in [4.78, 5) is 27.0. The molecular formula is C22H24N6O2S. The summed E-state index contributed by atoms with van der Waals surface area (Å²) in [7, 11) is 0. The molecule has 1 N–H and O–H groups in total. The number of para-hydroxylation sites is 2. The van der Waals surface area contributed by atoms with E-state index in [4.69, 9.17) is 0 Å². The highest BCUT2D eigenvalue weighted by molar-refractivity contribution is 7.99. The molecule has 0 saturated carbocycles. The zero-order chi connectivity index (χ0) is 22.0. The molecule has 8 nitrogen and oxygen atoms in total. The number of rotatable bonds is 5. The van der Waals surface area contributed by atoms with Crippen LogP contribution in [0.2, 0.25) is 0 Å². The lowest BCUT2D eigenvalue weighted by Gasteiger charge is -2.27. The Kier molecular flexibility index (Phi) is 6.03. The lowest BCUT2D eigenvalue weighted by molar-refractivity contribution is -0.117. The van der Waals surface area contributed by atoms with Crippen LogP contribution in [-0.2, 0) is 9.59 Å². The largest absolute Gasteiger partial charge is 0.324 e. The van der Waals surface area contributed by atoms with E-state index in [0.29, 0.717) is 22.4 Å². The molecule has 1 atom stereocenters. The molecule has 2 heterocycles. The molecule has 160 valence electrons. The van der Waals surface area contributed by atoms with Gasteiger partial charge in [-0.3, -0.25) is 9.59 Å². The highest BCUT2D eigenvalue weighted by Gasteiger charge is 2.29. The second-order valence-corrected chi connectivity index (χ2v) is 8.73. The Morgan fingerprint density at radius 1 is 1.19 bits per heavy atom. The van der Waals surface area contributed by atoms with Crippen molar-refractivity contribution in [2.24, 2.45) is 0 Å². The van der Waals surface area contributed by atoms with Gasteiger partial charge in [0.25, 0.3) is 0 Å². The monoisotopic (exact) mass is 436 g/mol. The topological polar surface area (TPSA) is 93.0 Å². The first-order valence-electron chi connectivity index (χ1n) is 10.2. The van der Waals surface area contributed by atoms with E-state index >= 15 is 0 Å². The van der Waals surface area contributed by atoms with Crippen molar-refractivity contribution in [1.29, 1.82) is 0 Å². The highest BCUT2D eigenvalue weighted by atomic mass is 32.2. The minimum atomic E-state index is -0.253. The van der Waals surface area contributed by atoms with E-state index in [9.17, 15) is 9.59 Å². The van der Waals surface area contributed by atoms with Crippen molar-refractivity contribution < 1.29 is 9.59 Å². The van der Waals surface area contributed by atoms with Crippen LogP contribution in [0.3, 0.4) is 0 Å². The van der Waals surface area contributed by atoms with Gasteiger partial charge in [0.15, 0.2) is 0 Å². The molecule has 0 radical (unpaired) electrons. The molecule has 0 bridgehead atoms. The Morgan fingerprint density at radius 2 is 1.94 bits per heavy atom. The standard InChI is InChI=1S/C22H24N6O2S/c1-14(2)16-8-10-17(11-9-16)28-22(24-25-26-28)31-13-21(30)27-15(3)12-20(29)23-18-6-4-5-7-19(18)27/h4-11,14-15H,12-13H2,1-3H3,(H,23,29)/t15-/m0/s1. The van der Waals surface area contributed by atoms with Crippen LogP contribution >= 0.6 is 11.8 Å². The number of nitrogens with one attached hydrogen (secondary N) is 1. The number of thioether (sulfide) groups is 1. The summed E-state index contributed by atoms with van der Waals surface area (Å²) < 4.78 is 1.63. The minimum absolute atomic E-state index is 0.100. The number of carbonyl (C=O) groups excluding carboxylic acids is 2. The Hall–Kier alpha value is -3.20. The molecule has 9 heteroatoms. The molecule has 1 aliphatic rings. The maximum atomic E-state index is 13.2. The first kappa shape index (κ1) is 21.0. The van der Waals surface area contributed by atoms with Crippen LogP contribution in [0.5, 0.6) is 0 Å². The number of aromatic nitrogens is 4. The summed E-state index contributed by atoms with van der Waals surface area (Å²) in [5, 5.41) is 15.4. The van der Waals surface area contributed by atoms with Crippen molar-refractivity contribution in [2.45, 2.75) is 44.3 Å². The zero-order valence-electron chi connectivity index (χ0n) is 17.6. The maximum Gasteiger partial charge on any atom is 0.237 e. The number of hydrogen-bond donors (Lipinski definition) is 1. The number of hydrogen-bond acceptors (Lipinski definition) is 6. The summed E-state index contributed by atoms with van der Waals surface area (Å²) in [6, 6.07) is 15.2. The van der Waals surface area contributed by atoms with Crippen LogP contribution in [-0.4, -0.2) is 43.8 Å². The average Bonchev–Trinajstić information content (AvgIpc) is 3.17. The van der Waals surface area contributed by atoms with Gasteiger partial charge in [0, 0.05) is 12.5 Å². The number of carbonyl (C=O) groups is 2. The predicted octanol–water partition coefficient (Wildman–Crippen LogP) is 3.64. The molecule has 31 heavy (non-hydrogen) atoms. The van der Waals surface area contributed by atoms with Gasteiger partial charge in [-0.1, -0.05) is 49.9 Å². The van der Waals surface area contributed by atoms with Crippen LogP contribution in [0.25, 0.3) is 5.69 Å². The number of fused-ring (bicyclic) bond motifs is 1. The van der Waals surface area contributed by atoms with Gasteiger partial charge in [0.1, 0.15) is 0 Å². The van der Waals surface area contributed by atoms with Gasteiger partial charge in [0.05, 0.1) is 22.8 Å². The Labute approximate surface area is 185 Å². The first-order chi connectivity index (χ1) is 14.9. The van der Waals surface area contributed by atoms with Crippen LogP contribution in [0.15, 0.2) is 53.7 Å². The van der Waals surface area contributed by atoms with E-state index in [2.05, 4.69) is 46.8 Å². The van der Waals surface area contributed by atoms with Crippen molar-refractivity contribution in [3.05, 3.63) is 54.1 Å². The molecule has 2 amide bonds. The van der Waals surface area contributed by atoms with Crippen LogP contribution in [0.1, 0.15) is 38.7 Å². The second-order valence-electron chi connectivity index (χ2n) is 7.79. The van der Waals surface area contributed by atoms with Crippen LogP contribution in [0.4, 0.5) is 11.4 Å². The maximum absolute atomic E-state index is 13.2. The molecule has 2 aromatic carbocycles. The normalized spacial score (nSPS) is 16.1. The van der Waals surface area contributed by atoms with Crippen molar-refractivity contribution in [1.82, 2.24) is 20.2 Å². The molecule has 1 aliphatic heterocycles. The van der Waals surface area contributed by atoms with Gasteiger partial charge in [-0.25, -0.2) is 0 Å². The van der Waals surface area contributed by atoms with E-state index in [0.717, 1.165) is 5.69 Å². The number of benzene rings is 2. The summed E-state index contributed by atoms with van der Waals surface area (Å²) in [5.41, 5.74) is 3.42. The predicted molar refractivity (Wildman–Crippen MR) is 121 cm³/mol. The molecular weight excluding hydrogens is 412 g/mol. The lowest BCUT2D eigenvalue weighted by Crippen LogP contribution is -2.40. The van der Waals surface area contributed by atoms with Crippen molar-refractivity contribution in [3.8, 4) is 5.69 Å². The quantitative estimate of drug-likeness (QED) is 0.614. The van der Waals surface area contributed by atoms with E-state index < -0.39 is 0 Å². The van der Waals surface area contributed by atoms with Crippen molar-refractivity contribution in [3.63, 3.8) is 0 Å². The number of anilines is 2. The van der Waals surface area contributed by atoms with Crippen molar-refractivity contribution in [2.75, 3.05) is 16.0 Å². The molecule has 0 spiro atoms. The fourth-order valence-electron chi connectivity index (χ4n) is 3.60. The molecule has 4 rings (SSSR count). The zero-order valence-corrected chi connectivity index (χ0v) is 18.5. The van der Waals surface area contributed by atoms with E-state index in [1.165, 1.54) is 17.3 Å². The van der Waals surface area contributed by atoms with Gasteiger partial charge in [-0.15, -0.1) is 5.10 Å². The number of nitrogens with zero attached hydrogens (tertiary/aromatic N) is 5. The third kappa shape index (κ3) is 4.46. The summed E-state index contributed by atoms with van der Waals surface area (Å²) in [5.74, 6) is 0.384. The van der Waals surface area contributed by atoms with Crippen LogP contribution in [0, 0.1) is 0 Å². The number of tetrazole rings is 1. The SMILES string of the molecule is CC(C)c1ccc(-n2nnnc2SCC(=O)N2c3ccccc3NC(=O)C[C@@H]2C)cc1. The van der Waals surface area contributed by atoms with Gasteiger partial charge >= 0.3 is 0 Å². The molecule has 0 saturated heterocycles. The third-order valence-corrected chi connectivity index (χ3v) is 6.10. The smallest absolute Gasteiger partial charge is 0.237 e. The summed E-state index contributed by atoms with van der Waals surface area (Å²) in [6.45, 7) is 6.17. The molecule has 0 fully saturated rings. The van der Waals surface area contributed by atoms with Gasteiger partial charge in [-0.05, 0) is 53.1 Å². The Bertz CT molecular complexity index is 1100. The second kappa shape index (κ2) is 8.89. The summed E-state index contributed by atoms with van der Waals surface area (Å²) >= 11 is 1.28. The lowest BCUT2D eigenvalue weighted by atomic mass is 10.0. The van der Waals surface area contributed by atoms with E-state index in [1.807, 2.05) is 37.3 Å². The molecule has 3 aromatic rings. The van der Waals surface area contributed by atoms with Crippen molar-refractivity contribution >= 4 is 35.0 Å². The minimum Gasteiger partial charge on any atom is -0.324 e. The molecule has 1 aromatic heterocycles. The van der Waals surface area contributed by atoms with Crippen LogP contribution < -0.4 is 10.2 Å². The van der Waals surface area contributed by atoms with Gasteiger partial charge in [-0.2, -0.15) is 4.68 Å². The summed E-state index contributed by atoms with van der Waals surface area (Å²) in [6.07, 6.45) is 0.241. The first-order valence-corrected chi connectivity index (χ1v) is 11.1. The number of amides is 2. The molecule has 0 aliphatic carbocycles. The molecule has 0 unspecified atom stereocenters. The average molecular weight is 437 g/mol. The Morgan fingerprint density at radius 3 is 2.68 bits per heavy atom. The van der Waals surface area contributed by atoms with Gasteiger partial charge in [0.2, 0.25) is 17.0 Å². The van der Waals surface area contributed by atoms with E-state index in [-0.39, 0.29) is 30.0 Å². The third-order valence-electron chi connectivity index (χ3n) is 5.20. The fourth-order valence-corrected chi connectivity index (χ4v) is 4.35. The van der Waals surface area contributed by atoms with E-state index in [1.54, 1.807) is 15.6 Å². The van der Waals surface area contributed by atoms with Gasteiger partial charge < -0.3 is 10.2 Å².